The van der Waals surface area contributed by atoms with Crippen LogP contribution in [0.2, 0.25) is 0 Å². The van der Waals surface area contributed by atoms with Crippen LogP contribution >= 0.6 is 23.7 Å². The Morgan fingerprint density at radius 3 is 3.00 bits per heavy atom. The third-order valence-corrected chi connectivity index (χ3v) is 4.75. The van der Waals surface area contributed by atoms with Crippen LogP contribution in [0, 0.1) is 0 Å². The first-order chi connectivity index (χ1) is 9.38. The van der Waals surface area contributed by atoms with Crippen molar-refractivity contribution in [3.63, 3.8) is 0 Å². The van der Waals surface area contributed by atoms with E-state index < -0.39 is 0 Å². The zero-order valence-corrected chi connectivity index (χ0v) is 12.6. The quantitative estimate of drug-likeness (QED) is 0.848. The van der Waals surface area contributed by atoms with Gasteiger partial charge in [0.25, 0.3) is 0 Å². The Morgan fingerprint density at radius 2 is 2.05 bits per heavy atom. The van der Waals surface area contributed by atoms with Gasteiger partial charge in [-0.1, -0.05) is 6.07 Å². The van der Waals surface area contributed by atoms with Crippen molar-refractivity contribution in [1.29, 1.82) is 0 Å². The molecule has 0 saturated heterocycles. The minimum Gasteiger partial charge on any atom is -0.454 e. The van der Waals surface area contributed by atoms with Gasteiger partial charge in [0.15, 0.2) is 11.5 Å². The topological polar surface area (TPSA) is 21.7 Å². The smallest absolute Gasteiger partial charge is 0.231 e. The molecule has 0 saturated carbocycles. The predicted octanol–water partition coefficient (Wildman–Crippen LogP) is 3.46. The van der Waals surface area contributed by atoms with Crippen molar-refractivity contribution in [2.45, 2.75) is 19.5 Å². The van der Waals surface area contributed by atoms with Gasteiger partial charge in [0.05, 0.1) is 0 Å². The van der Waals surface area contributed by atoms with Gasteiger partial charge in [-0.3, -0.25) is 4.90 Å². The van der Waals surface area contributed by atoms with Crippen LogP contribution in [0.5, 0.6) is 11.5 Å². The molecule has 0 N–H and O–H groups in total. The summed E-state index contributed by atoms with van der Waals surface area (Å²) in [6.07, 6.45) is 1.18. The van der Waals surface area contributed by atoms with Crippen LogP contribution < -0.4 is 9.47 Å². The molecule has 2 aliphatic heterocycles. The third-order valence-electron chi connectivity index (χ3n) is 3.73. The molecule has 0 bridgehead atoms. The Bertz CT molecular complexity index is 614. The number of hydrogen-bond acceptors (Lipinski definition) is 4. The van der Waals surface area contributed by atoms with Crippen LogP contribution in [0.15, 0.2) is 29.6 Å². The molecule has 2 aliphatic rings. The molecular formula is C15H16ClNO2S. The van der Waals surface area contributed by atoms with Crippen LogP contribution in [-0.4, -0.2) is 18.2 Å². The summed E-state index contributed by atoms with van der Waals surface area (Å²) in [7, 11) is 0. The van der Waals surface area contributed by atoms with Gasteiger partial charge in [0, 0.05) is 24.5 Å². The number of benzene rings is 1. The Kier molecular flexibility index (Phi) is 3.87. The molecule has 0 atom stereocenters. The summed E-state index contributed by atoms with van der Waals surface area (Å²) in [6, 6.07) is 8.51. The highest BCUT2D eigenvalue weighted by Crippen LogP contribution is 2.33. The number of halogens is 1. The van der Waals surface area contributed by atoms with E-state index in [1.54, 1.807) is 4.88 Å². The summed E-state index contributed by atoms with van der Waals surface area (Å²) in [5, 5.41) is 2.20. The van der Waals surface area contributed by atoms with Crippen LogP contribution in [-0.2, 0) is 19.5 Å². The SMILES string of the molecule is Cl.c1cc2c(s1)CCN(Cc1ccc3c(c1)OCO3)C2. The summed E-state index contributed by atoms with van der Waals surface area (Å²) in [6.45, 7) is 3.53. The van der Waals surface area contributed by atoms with E-state index in [-0.39, 0.29) is 12.4 Å². The maximum absolute atomic E-state index is 5.43. The van der Waals surface area contributed by atoms with E-state index in [2.05, 4.69) is 28.5 Å². The molecule has 0 spiro atoms. The highest BCUT2D eigenvalue weighted by molar-refractivity contribution is 7.10. The summed E-state index contributed by atoms with van der Waals surface area (Å²) < 4.78 is 10.8. The van der Waals surface area contributed by atoms with Crippen LogP contribution in [0.4, 0.5) is 0 Å². The van der Waals surface area contributed by atoms with Crippen molar-refractivity contribution in [3.8, 4) is 11.5 Å². The van der Waals surface area contributed by atoms with E-state index in [1.165, 1.54) is 17.5 Å². The Balaban J connectivity index is 0.00000121. The molecule has 0 fully saturated rings. The molecule has 0 aliphatic carbocycles. The lowest BCUT2D eigenvalue weighted by atomic mass is 10.1. The van der Waals surface area contributed by atoms with Crippen molar-refractivity contribution in [2.24, 2.45) is 0 Å². The molecule has 5 heteroatoms. The predicted molar refractivity (Wildman–Crippen MR) is 82.0 cm³/mol. The second-order valence-electron chi connectivity index (χ2n) is 5.02. The second-order valence-corrected chi connectivity index (χ2v) is 6.02. The fourth-order valence-electron chi connectivity index (χ4n) is 2.74. The largest absolute Gasteiger partial charge is 0.454 e. The van der Waals surface area contributed by atoms with Gasteiger partial charge < -0.3 is 9.47 Å². The molecular weight excluding hydrogens is 294 g/mol. The highest BCUT2D eigenvalue weighted by Gasteiger charge is 2.18. The van der Waals surface area contributed by atoms with Gasteiger partial charge in [-0.2, -0.15) is 0 Å². The minimum atomic E-state index is 0. The van der Waals surface area contributed by atoms with Crippen molar-refractivity contribution >= 4 is 23.7 Å². The molecule has 0 radical (unpaired) electrons. The molecule has 3 nitrogen and oxygen atoms in total. The van der Waals surface area contributed by atoms with E-state index in [9.17, 15) is 0 Å². The van der Waals surface area contributed by atoms with Crippen molar-refractivity contribution in [3.05, 3.63) is 45.6 Å². The standard InChI is InChI=1S/C15H15NO2S.ClH/c1-2-13-14(18-10-17-13)7-11(1)8-16-5-3-15-12(9-16)4-6-19-15;/h1-2,4,6-7H,3,5,8-10H2;1H. The van der Waals surface area contributed by atoms with Crippen molar-refractivity contribution < 1.29 is 9.47 Å². The van der Waals surface area contributed by atoms with Gasteiger partial charge in [0.2, 0.25) is 6.79 Å². The molecule has 0 unspecified atom stereocenters. The zero-order valence-electron chi connectivity index (χ0n) is 11.0. The fraction of sp³-hybridized carbons (Fsp3) is 0.333. The van der Waals surface area contributed by atoms with Gasteiger partial charge in [0.1, 0.15) is 0 Å². The lowest BCUT2D eigenvalue weighted by Crippen LogP contribution is -2.29. The van der Waals surface area contributed by atoms with E-state index in [0.717, 1.165) is 31.1 Å². The van der Waals surface area contributed by atoms with Crippen LogP contribution in [0.25, 0.3) is 0 Å². The number of thiophene rings is 1. The normalized spacial score (nSPS) is 16.6. The molecule has 3 heterocycles. The van der Waals surface area contributed by atoms with Gasteiger partial charge >= 0.3 is 0 Å². The van der Waals surface area contributed by atoms with E-state index in [1.807, 2.05) is 17.4 Å². The minimum absolute atomic E-state index is 0. The van der Waals surface area contributed by atoms with Crippen LogP contribution in [0.1, 0.15) is 16.0 Å². The second kappa shape index (κ2) is 5.64. The third kappa shape index (κ3) is 2.51. The highest BCUT2D eigenvalue weighted by atomic mass is 35.5. The number of nitrogens with zero attached hydrogens (tertiary/aromatic N) is 1. The van der Waals surface area contributed by atoms with Gasteiger partial charge in [-0.05, 0) is 41.1 Å². The van der Waals surface area contributed by atoms with E-state index in [0.29, 0.717) is 6.79 Å². The first-order valence-electron chi connectivity index (χ1n) is 6.54. The summed E-state index contributed by atoms with van der Waals surface area (Å²) in [5.41, 5.74) is 2.79. The van der Waals surface area contributed by atoms with Crippen LogP contribution in [0.3, 0.4) is 0 Å². The molecule has 1 aromatic heterocycles. The van der Waals surface area contributed by atoms with E-state index >= 15 is 0 Å². The number of hydrogen-bond donors (Lipinski definition) is 0. The lowest BCUT2D eigenvalue weighted by Gasteiger charge is -2.26. The summed E-state index contributed by atoms with van der Waals surface area (Å²) in [4.78, 5) is 4.05. The molecule has 106 valence electrons. The lowest BCUT2D eigenvalue weighted by molar-refractivity contribution is 0.174. The number of fused-ring (bicyclic) bond motifs is 2. The number of rotatable bonds is 2. The maximum atomic E-state index is 5.43. The first kappa shape index (κ1) is 13.7. The average molecular weight is 310 g/mol. The molecule has 0 amide bonds. The molecule has 20 heavy (non-hydrogen) atoms. The summed E-state index contributed by atoms with van der Waals surface area (Å²) in [5.74, 6) is 1.74. The maximum Gasteiger partial charge on any atom is 0.231 e. The van der Waals surface area contributed by atoms with E-state index in [4.69, 9.17) is 9.47 Å². The van der Waals surface area contributed by atoms with Gasteiger partial charge in [-0.25, -0.2) is 0 Å². The molecule has 1 aromatic carbocycles. The average Bonchev–Trinajstić information content (AvgIpc) is 3.05. The Hall–Kier alpha value is -1.23. The Morgan fingerprint density at radius 1 is 1.15 bits per heavy atom. The monoisotopic (exact) mass is 309 g/mol. The van der Waals surface area contributed by atoms with Crippen molar-refractivity contribution in [1.82, 2.24) is 4.90 Å². The van der Waals surface area contributed by atoms with Gasteiger partial charge in [-0.15, -0.1) is 23.7 Å². The molecule has 4 rings (SSSR count). The fourth-order valence-corrected chi connectivity index (χ4v) is 3.63. The number of ether oxygens (including phenoxy) is 2. The Labute approximate surface area is 128 Å². The summed E-state index contributed by atoms with van der Waals surface area (Å²) >= 11 is 1.89. The zero-order chi connectivity index (χ0) is 12.7. The first-order valence-corrected chi connectivity index (χ1v) is 7.42. The van der Waals surface area contributed by atoms with Crippen molar-refractivity contribution in [2.75, 3.05) is 13.3 Å². The molecule has 2 aromatic rings.